The van der Waals surface area contributed by atoms with Crippen LogP contribution >= 0.6 is 0 Å². The SMILES string of the molecule is CCN(CC(=O)NC(C)(C)C)C(=O)c1ccc(CN2CCCCC2)cc1. The smallest absolute Gasteiger partial charge is 0.254 e. The zero-order chi connectivity index (χ0) is 19.2. The summed E-state index contributed by atoms with van der Waals surface area (Å²) in [6.07, 6.45) is 3.89. The minimum absolute atomic E-state index is 0.0854. The maximum absolute atomic E-state index is 12.7. The van der Waals surface area contributed by atoms with Gasteiger partial charge in [0.25, 0.3) is 5.91 Å². The molecule has 2 amide bonds. The van der Waals surface area contributed by atoms with Gasteiger partial charge in [-0.1, -0.05) is 18.6 Å². The van der Waals surface area contributed by atoms with E-state index in [2.05, 4.69) is 10.2 Å². The summed E-state index contributed by atoms with van der Waals surface area (Å²) in [5.41, 5.74) is 1.57. The van der Waals surface area contributed by atoms with E-state index in [1.807, 2.05) is 52.0 Å². The van der Waals surface area contributed by atoms with Gasteiger partial charge in [-0.3, -0.25) is 14.5 Å². The third-order valence-corrected chi connectivity index (χ3v) is 4.57. The van der Waals surface area contributed by atoms with Crippen LogP contribution in [-0.2, 0) is 11.3 Å². The molecule has 5 nitrogen and oxygen atoms in total. The molecule has 26 heavy (non-hydrogen) atoms. The fourth-order valence-electron chi connectivity index (χ4n) is 3.27. The summed E-state index contributed by atoms with van der Waals surface area (Å²) in [5, 5.41) is 2.91. The van der Waals surface area contributed by atoms with Gasteiger partial charge in [0.15, 0.2) is 0 Å². The van der Waals surface area contributed by atoms with E-state index in [9.17, 15) is 9.59 Å². The second kappa shape index (κ2) is 9.17. The Morgan fingerprint density at radius 1 is 1.08 bits per heavy atom. The summed E-state index contributed by atoms with van der Waals surface area (Å²) in [7, 11) is 0. The maximum Gasteiger partial charge on any atom is 0.254 e. The summed E-state index contributed by atoms with van der Waals surface area (Å²) in [4.78, 5) is 28.9. The highest BCUT2D eigenvalue weighted by Gasteiger charge is 2.20. The number of benzene rings is 1. The van der Waals surface area contributed by atoms with Crippen molar-refractivity contribution in [2.24, 2.45) is 0 Å². The van der Waals surface area contributed by atoms with E-state index < -0.39 is 0 Å². The van der Waals surface area contributed by atoms with Crippen LogP contribution in [0.4, 0.5) is 0 Å². The monoisotopic (exact) mass is 359 g/mol. The van der Waals surface area contributed by atoms with Crippen LogP contribution < -0.4 is 5.32 Å². The zero-order valence-corrected chi connectivity index (χ0v) is 16.7. The minimum Gasteiger partial charge on any atom is -0.350 e. The van der Waals surface area contributed by atoms with Crippen LogP contribution in [0, 0.1) is 0 Å². The molecule has 0 spiro atoms. The molecular weight excluding hydrogens is 326 g/mol. The lowest BCUT2D eigenvalue weighted by molar-refractivity contribution is -0.123. The summed E-state index contributed by atoms with van der Waals surface area (Å²) in [6, 6.07) is 7.83. The number of nitrogens with one attached hydrogen (secondary N) is 1. The van der Waals surface area contributed by atoms with Crippen molar-refractivity contribution in [2.45, 2.75) is 59.0 Å². The first-order valence-electron chi connectivity index (χ1n) is 9.70. The summed E-state index contributed by atoms with van der Waals surface area (Å²) < 4.78 is 0. The third kappa shape index (κ3) is 6.45. The molecular formula is C21H33N3O2. The van der Waals surface area contributed by atoms with Crippen molar-refractivity contribution in [3.05, 3.63) is 35.4 Å². The topological polar surface area (TPSA) is 52.7 Å². The lowest BCUT2D eigenvalue weighted by Crippen LogP contribution is -2.47. The number of rotatable bonds is 6. The normalized spacial score (nSPS) is 15.5. The van der Waals surface area contributed by atoms with Crippen LogP contribution in [-0.4, -0.2) is 53.3 Å². The average molecular weight is 360 g/mol. The molecule has 0 bridgehead atoms. The van der Waals surface area contributed by atoms with Gasteiger partial charge in [0.05, 0.1) is 6.54 Å². The molecule has 2 rings (SSSR count). The molecule has 1 aliphatic heterocycles. The number of amides is 2. The molecule has 1 aromatic carbocycles. The van der Waals surface area contributed by atoms with Crippen molar-refractivity contribution in [2.75, 3.05) is 26.2 Å². The number of likely N-dealkylation sites (N-methyl/N-ethyl adjacent to an activating group) is 1. The Bertz CT molecular complexity index is 599. The summed E-state index contributed by atoms with van der Waals surface area (Å²) >= 11 is 0. The van der Waals surface area contributed by atoms with E-state index >= 15 is 0 Å². The van der Waals surface area contributed by atoms with Crippen molar-refractivity contribution < 1.29 is 9.59 Å². The Morgan fingerprint density at radius 3 is 2.23 bits per heavy atom. The minimum atomic E-state index is -0.296. The molecule has 5 heteroatoms. The van der Waals surface area contributed by atoms with E-state index in [1.165, 1.54) is 24.8 Å². The lowest BCUT2D eigenvalue weighted by atomic mass is 10.1. The Labute approximate surface area is 157 Å². The molecule has 0 saturated carbocycles. The van der Waals surface area contributed by atoms with Crippen LogP contribution in [0.15, 0.2) is 24.3 Å². The number of hydrogen-bond donors (Lipinski definition) is 1. The zero-order valence-electron chi connectivity index (χ0n) is 16.7. The van der Waals surface area contributed by atoms with E-state index in [0.29, 0.717) is 12.1 Å². The largest absolute Gasteiger partial charge is 0.350 e. The molecule has 0 atom stereocenters. The molecule has 1 fully saturated rings. The molecule has 1 heterocycles. The molecule has 144 valence electrons. The highest BCUT2D eigenvalue weighted by Crippen LogP contribution is 2.14. The number of likely N-dealkylation sites (tertiary alicyclic amines) is 1. The van der Waals surface area contributed by atoms with Crippen molar-refractivity contribution in [3.8, 4) is 0 Å². The van der Waals surface area contributed by atoms with Gasteiger partial charge < -0.3 is 10.2 Å². The second-order valence-electron chi connectivity index (χ2n) is 8.15. The van der Waals surface area contributed by atoms with Crippen LogP contribution in [0.25, 0.3) is 0 Å². The number of hydrogen-bond acceptors (Lipinski definition) is 3. The van der Waals surface area contributed by atoms with Crippen molar-refractivity contribution in [1.82, 2.24) is 15.1 Å². The first-order chi connectivity index (χ1) is 12.3. The molecule has 1 N–H and O–H groups in total. The molecule has 0 aromatic heterocycles. The van der Waals surface area contributed by atoms with E-state index in [-0.39, 0.29) is 23.9 Å². The van der Waals surface area contributed by atoms with Gasteiger partial charge in [0, 0.05) is 24.2 Å². The Balaban J connectivity index is 1.95. The van der Waals surface area contributed by atoms with Crippen molar-refractivity contribution in [3.63, 3.8) is 0 Å². The Kier molecular flexibility index (Phi) is 7.21. The van der Waals surface area contributed by atoms with Crippen LogP contribution in [0.3, 0.4) is 0 Å². The van der Waals surface area contributed by atoms with Crippen LogP contribution in [0.5, 0.6) is 0 Å². The van der Waals surface area contributed by atoms with Crippen LogP contribution in [0.2, 0.25) is 0 Å². The second-order valence-corrected chi connectivity index (χ2v) is 8.15. The predicted molar refractivity (Wildman–Crippen MR) is 105 cm³/mol. The maximum atomic E-state index is 12.7. The fraction of sp³-hybridized carbons (Fsp3) is 0.619. The molecule has 1 saturated heterocycles. The standard InChI is InChI=1S/C21H33N3O2/c1-5-24(16-19(25)22-21(2,3)4)20(26)18-11-9-17(10-12-18)15-23-13-7-6-8-14-23/h9-12H,5-8,13-16H2,1-4H3,(H,22,25). The van der Waals surface area contributed by atoms with Gasteiger partial charge in [-0.05, 0) is 71.3 Å². The molecule has 0 radical (unpaired) electrons. The Hall–Kier alpha value is -1.88. The van der Waals surface area contributed by atoms with Gasteiger partial charge in [-0.25, -0.2) is 0 Å². The van der Waals surface area contributed by atoms with Crippen molar-refractivity contribution in [1.29, 1.82) is 0 Å². The predicted octanol–water partition coefficient (Wildman–Crippen LogP) is 3.05. The quantitative estimate of drug-likeness (QED) is 0.849. The van der Waals surface area contributed by atoms with Crippen molar-refractivity contribution >= 4 is 11.8 Å². The van der Waals surface area contributed by atoms with Gasteiger partial charge in [-0.2, -0.15) is 0 Å². The van der Waals surface area contributed by atoms with Gasteiger partial charge in [-0.15, -0.1) is 0 Å². The highest BCUT2D eigenvalue weighted by molar-refractivity contribution is 5.96. The van der Waals surface area contributed by atoms with Crippen LogP contribution in [0.1, 0.15) is 62.9 Å². The van der Waals surface area contributed by atoms with Gasteiger partial charge in [0.2, 0.25) is 5.91 Å². The summed E-state index contributed by atoms with van der Waals surface area (Å²) in [5.74, 6) is -0.226. The van der Waals surface area contributed by atoms with E-state index in [4.69, 9.17) is 0 Å². The first-order valence-corrected chi connectivity index (χ1v) is 9.70. The Morgan fingerprint density at radius 2 is 1.69 bits per heavy atom. The first kappa shape index (κ1) is 20.4. The fourth-order valence-corrected chi connectivity index (χ4v) is 3.27. The molecule has 1 aromatic rings. The average Bonchev–Trinajstić information content (AvgIpc) is 2.59. The lowest BCUT2D eigenvalue weighted by Gasteiger charge is -2.26. The third-order valence-electron chi connectivity index (χ3n) is 4.57. The molecule has 0 unspecified atom stereocenters. The molecule has 0 aliphatic carbocycles. The molecule has 1 aliphatic rings. The van der Waals surface area contributed by atoms with E-state index in [1.54, 1.807) is 4.90 Å². The number of carbonyl (C=O) groups is 2. The summed E-state index contributed by atoms with van der Waals surface area (Å²) in [6.45, 7) is 11.6. The number of carbonyl (C=O) groups excluding carboxylic acids is 2. The van der Waals surface area contributed by atoms with E-state index in [0.717, 1.165) is 19.6 Å². The number of piperidine rings is 1. The highest BCUT2D eigenvalue weighted by atomic mass is 16.2. The number of nitrogens with zero attached hydrogens (tertiary/aromatic N) is 2. The van der Waals surface area contributed by atoms with Gasteiger partial charge in [0.1, 0.15) is 0 Å². The van der Waals surface area contributed by atoms with Gasteiger partial charge >= 0.3 is 0 Å².